The van der Waals surface area contributed by atoms with Crippen LogP contribution in [-0.2, 0) is 66.3 Å². The highest BCUT2D eigenvalue weighted by atomic mass is 35.5. The van der Waals surface area contributed by atoms with Crippen LogP contribution in [-0.4, -0.2) is 85.1 Å². The maximum Gasteiger partial charge on any atom is 0.524 e. The molecule has 3 atom stereocenters. The normalized spacial score (nSPS) is 16.2. The number of nitrogens with one attached hydrogen (secondary N) is 1. The van der Waals surface area contributed by atoms with Crippen molar-refractivity contribution in [2.45, 2.75) is 87.3 Å². The van der Waals surface area contributed by atoms with Crippen LogP contribution in [0, 0.1) is 24.5 Å². The molecule has 1 fully saturated rings. The Bertz CT molecular complexity index is 4420. The third-order valence-corrected chi connectivity index (χ3v) is 17.6. The maximum atomic E-state index is 16.0. The van der Waals surface area contributed by atoms with E-state index in [1.54, 1.807) is 0 Å². The van der Waals surface area contributed by atoms with Crippen molar-refractivity contribution in [2.75, 3.05) is 10.6 Å². The van der Waals surface area contributed by atoms with E-state index >= 15 is 22.4 Å². The number of carbonyl (C=O) groups is 2. The number of hydrogen-bond acceptors (Lipinski definition) is 13. The van der Waals surface area contributed by atoms with Crippen LogP contribution in [0.5, 0.6) is 5.75 Å². The second-order valence-electron chi connectivity index (χ2n) is 21.6. The van der Waals surface area contributed by atoms with Gasteiger partial charge in [0.25, 0.3) is 17.9 Å². The standard InChI is InChI=1S/C53H47Cl3F6N10O12P2S/c1-23-12-26(22-85(76,77)78)42(37(13-23)84-86(79,80)81)52(2,3)20-39(74)72(87(5,82)83)50-41-32(54)8-9-36(44(41)69(4)68-50)71-49(66-34-17-25(6-7-29(34)51(71)75)48-63-11-10-33(65-48)47(59)60)35(16-24-14-27(57)18-28(58)15-24)64-38(73)21-70-45-40(43(67-70)46(55)56)30-19-31(30)53(45,61)62/h6-15,17-18,30-31,35,46-47H,16,19-22H2,1-5H3,(H,64,73)(H2,76,77,78)(H2,79,80,81)/t30-,31+,35-/m0/s1. The summed E-state index contributed by atoms with van der Waals surface area (Å²) in [5.41, 5.74) is -5.27. The molecule has 460 valence electrons. The van der Waals surface area contributed by atoms with Gasteiger partial charge < -0.3 is 19.6 Å². The van der Waals surface area contributed by atoms with Gasteiger partial charge in [0.15, 0.2) is 16.5 Å². The number of anilines is 1. The smallest absolute Gasteiger partial charge is 0.404 e. The molecule has 1 saturated carbocycles. The lowest BCUT2D eigenvalue weighted by Gasteiger charge is -2.31. The summed E-state index contributed by atoms with van der Waals surface area (Å²) in [6.45, 7) is 3.09. The molecule has 2 amide bonds. The van der Waals surface area contributed by atoms with Crippen molar-refractivity contribution in [3.63, 3.8) is 0 Å². The SMILES string of the molecule is Cc1cc(CP(=O)(O)O)c(C(C)(C)CC(=O)N(c2nn(C)c3c(-n4c([C@H](Cc5cc(F)cc(F)c5)NC(=O)Cn5nc(C(Cl)Cl)c6c5C(F)(F)[C@@H]5C[C@H]65)nc5cc(-c6nccc(C(F)F)n6)ccc5c4=O)ccc(Cl)c23)S(C)(=O)=O)c(OP(=O)(O)O)c1. The van der Waals surface area contributed by atoms with Crippen LogP contribution < -0.4 is 19.7 Å². The van der Waals surface area contributed by atoms with Crippen LogP contribution in [0.4, 0.5) is 32.2 Å². The first-order valence-electron chi connectivity index (χ1n) is 25.7. The van der Waals surface area contributed by atoms with Crippen LogP contribution in [0.25, 0.3) is 38.9 Å². The van der Waals surface area contributed by atoms with E-state index in [0.29, 0.717) is 12.3 Å². The molecule has 4 heterocycles. The fraction of sp³-hybridized carbons (Fsp3) is 0.321. The van der Waals surface area contributed by atoms with Crippen LogP contribution in [0.15, 0.2) is 77.7 Å². The lowest BCUT2D eigenvalue weighted by Crippen LogP contribution is -2.40. The van der Waals surface area contributed by atoms with Crippen LogP contribution in [0.2, 0.25) is 5.02 Å². The Morgan fingerprint density at radius 2 is 1.67 bits per heavy atom. The van der Waals surface area contributed by atoms with Gasteiger partial charge in [-0.05, 0) is 84.5 Å². The molecule has 5 N–H and O–H groups in total. The summed E-state index contributed by atoms with van der Waals surface area (Å²) in [5.74, 6) is -11.9. The third-order valence-electron chi connectivity index (χ3n) is 14.6. The zero-order valence-electron chi connectivity index (χ0n) is 45.6. The predicted octanol–water partition coefficient (Wildman–Crippen LogP) is 9.70. The maximum absolute atomic E-state index is 16.0. The Morgan fingerprint density at radius 1 is 0.977 bits per heavy atom. The van der Waals surface area contributed by atoms with Gasteiger partial charge in [0.2, 0.25) is 21.8 Å². The number of rotatable bonds is 19. The summed E-state index contributed by atoms with van der Waals surface area (Å²) in [6.07, 6.45) is -3.82. The molecular formula is C53H47Cl3F6N10O12P2S. The van der Waals surface area contributed by atoms with E-state index in [-0.39, 0.29) is 88.1 Å². The van der Waals surface area contributed by atoms with Gasteiger partial charge in [-0.25, -0.2) is 45.5 Å². The Morgan fingerprint density at radius 3 is 2.30 bits per heavy atom. The van der Waals surface area contributed by atoms with Crippen LogP contribution >= 0.6 is 50.2 Å². The molecule has 10 rings (SSSR count). The van der Waals surface area contributed by atoms with E-state index in [9.17, 15) is 55.5 Å². The number of benzene rings is 4. The van der Waals surface area contributed by atoms with E-state index in [1.807, 2.05) is 0 Å². The highest BCUT2D eigenvalue weighted by molar-refractivity contribution is 7.92. The average Bonchev–Trinajstić information content (AvgIpc) is 1.54. The summed E-state index contributed by atoms with van der Waals surface area (Å²) in [5, 5.41) is 10.4. The van der Waals surface area contributed by atoms with E-state index in [4.69, 9.17) is 44.3 Å². The Kier molecular flexibility index (Phi) is 16.5. The molecule has 0 spiro atoms. The number of amides is 2. The van der Waals surface area contributed by atoms with Crippen molar-refractivity contribution >= 4 is 99.7 Å². The van der Waals surface area contributed by atoms with E-state index in [2.05, 4.69) is 25.5 Å². The molecule has 0 radical (unpaired) electrons. The number of halogens is 9. The van der Waals surface area contributed by atoms with Crippen LogP contribution in [0.3, 0.4) is 0 Å². The molecule has 0 saturated heterocycles. The minimum atomic E-state index is -5.42. The van der Waals surface area contributed by atoms with E-state index in [0.717, 1.165) is 44.4 Å². The summed E-state index contributed by atoms with van der Waals surface area (Å²) < 4.78 is 151. The van der Waals surface area contributed by atoms with E-state index < -0.39 is 149 Å². The number of sulfonamides is 1. The number of hydrogen-bond donors (Lipinski definition) is 5. The highest BCUT2D eigenvalue weighted by Crippen LogP contribution is 2.68. The quantitative estimate of drug-likeness (QED) is 0.0286. The van der Waals surface area contributed by atoms with Gasteiger partial charge in [0, 0.05) is 60.2 Å². The van der Waals surface area contributed by atoms with Crippen molar-refractivity contribution in [3.05, 3.63) is 151 Å². The van der Waals surface area contributed by atoms with Crippen LogP contribution in [0.1, 0.15) is 101 Å². The first kappa shape index (κ1) is 63.2. The molecular weight excluding hydrogens is 1280 g/mol. The molecule has 2 aliphatic rings. The molecule has 0 bridgehead atoms. The molecule has 0 unspecified atom stereocenters. The summed E-state index contributed by atoms with van der Waals surface area (Å²) in [4.78, 5) is 96.6. The summed E-state index contributed by atoms with van der Waals surface area (Å²) in [6, 6.07) is 10.2. The number of carbonyl (C=O) groups excluding carboxylic acids is 2. The zero-order valence-corrected chi connectivity index (χ0v) is 50.5. The first-order valence-corrected chi connectivity index (χ1v) is 32.2. The molecule has 2 aliphatic carbocycles. The molecule has 87 heavy (non-hydrogen) atoms. The zero-order chi connectivity index (χ0) is 63.5. The van der Waals surface area contributed by atoms with Crippen molar-refractivity contribution in [2.24, 2.45) is 13.0 Å². The number of phosphoric acid groups is 1. The largest absolute Gasteiger partial charge is 0.524 e. The molecule has 0 aliphatic heterocycles. The Balaban J connectivity index is 1.17. The summed E-state index contributed by atoms with van der Waals surface area (Å²) >= 11 is 19.4. The fourth-order valence-electron chi connectivity index (χ4n) is 11.4. The van der Waals surface area contributed by atoms with Gasteiger partial charge in [-0.2, -0.15) is 23.3 Å². The number of alkyl halides is 6. The Labute approximate surface area is 503 Å². The van der Waals surface area contributed by atoms with Gasteiger partial charge >= 0.3 is 15.4 Å². The minimum absolute atomic E-state index is 0.0393. The van der Waals surface area contributed by atoms with Gasteiger partial charge in [-0.1, -0.05) is 60.8 Å². The summed E-state index contributed by atoms with van der Waals surface area (Å²) in [7, 11) is -14.0. The van der Waals surface area contributed by atoms with Gasteiger partial charge in [-0.3, -0.25) is 42.7 Å². The number of phosphoric ester groups is 1. The monoisotopic (exact) mass is 1330 g/mol. The lowest BCUT2D eigenvalue weighted by atomic mass is 9.78. The second-order valence-corrected chi connectivity index (χ2v) is 27.8. The minimum Gasteiger partial charge on any atom is -0.404 e. The predicted molar refractivity (Wildman–Crippen MR) is 305 cm³/mol. The van der Waals surface area contributed by atoms with E-state index in [1.165, 1.54) is 64.2 Å². The number of aromatic nitrogens is 8. The highest BCUT2D eigenvalue weighted by Gasteiger charge is 2.67. The van der Waals surface area contributed by atoms with Crippen molar-refractivity contribution < 1.29 is 77.6 Å². The average molecular weight is 1330 g/mol. The van der Waals surface area contributed by atoms with Crippen molar-refractivity contribution in [1.29, 1.82) is 0 Å². The van der Waals surface area contributed by atoms with Gasteiger partial charge in [0.1, 0.15) is 41.1 Å². The van der Waals surface area contributed by atoms with Crippen molar-refractivity contribution in [3.8, 4) is 22.8 Å². The third kappa shape index (κ3) is 12.5. The topological polar surface area (TPSA) is 304 Å². The number of aryl methyl sites for hydroxylation is 2. The number of fused-ring (bicyclic) bond motifs is 5. The number of nitrogens with zero attached hydrogens (tertiary/aromatic N) is 9. The lowest BCUT2D eigenvalue weighted by molar-refractivity contribution is -0.123. The molecule has 4 aromatic heterocycles. The molecule has 4 aromatic carbocycles. The molecule has 22 nitrogen and oxygen atoms in total. The second kappa shape index (κ2) is 22.7. The van der Waals surface area contributed by atoms with Gasteiger partial charge in [-0.15, -0.1) is 0 Å². The first-order chi connectivity index (χ1) is 40.4. The molecule has 34 heteroatoms. The fourth-order valence-corrected chi connectivity index (χ4v) is 13.9. The van der Waals surface area contributed by atoms with Gasteiger partial charge in [0.05, 0.1) is 56.7 Å². The molecule has 8 aromatic rings. The van der Waals surface area contributed by atoms with Crippen molar-refractivity contribution in [1.82, 2.24) is 44.4 Å². The Hall–Kier alpha value is -6.78.